The van der Waals surface area contributed by atoms with E-state index in [0.717, 1.165) is 55.8 Å². The molecule has 18 rings (SSSR count). The van der Waals surface area contributed by atoms with Crippen molar-refractivity contribution in [3.05, 3.63) is 203 Å². The number of morpholine rings is 2. The number of nitrogens with zero attached hydrogens (tertiary/aromatic N) is 4. The van der Waals surface area contributed by atoms with Gasteiger partial charge in [-0.3, -0.25) is 19.5 Å². The number of likely N-dealkylation sites (N-methyl/N-ethyl adjacent to an activating group) is 4. The number of rotatable bonds is 15. The third kappa shape index (κ3) is 14.2. The third-order valence-electron chi connectivity index (χ3n) is 21.9. The Morgan fingerprint density at radius 1 is 0.406 bits per heavy atom. The predicted molar refractivity (Wildman–Crippen MR) is 391 cm³/mol. The molecule has 12 atom stereocenters. The summed E-state index contributed by atoms with van der Waals surface area (Å²) in [5.41, 5.74) is -6.60. The van der Waals surface area contributed by atoms with Gasteiger partial charge in [0.25, 0.3) is 0 Å². The number of hydrogen-bond acceptors (Lipinski definition) is 25. The maximum absolute atomic E-state index is 13.1. The number of halogens is 1. The van der Waals surface area contributed by atoms with Crippen molar-refractivity contribution in [3.8, 4) is 0 Å². The number of hydrogen-bond donors (Lipinski definition) is 5. The van der Waals surface area contributed by atoms with Crippen molar-refractivity contribution >= 4 is 114 Å². The highest BCUT2D eigenvalue weighted by molar-refractivity contribution is 7.13. The minimum Gasteiger partial charge on any atom is -1.00 e. The summed E-state index contributed by atoms with van der Waals surface area (Å²) in [5, 5.41) is 68.6. The van der Waals surface area contributed by atoms with Gasteiger partial charge >= 0.3 is 17.9 Å². The lowest BCUT2D eigenvalue weighted by Crippen LogP contribution is -3.00. The Morgan fingerprint density at radius 2 is 0.663 bits per heavy atom. The van der Waals surface area contributed by atoms with E-state index in [0.29, 0.717) is 112 Å². The van der Waals surface area contributed by atoms with Gasteiger partial charge in [0, 0.05) is 84.5 Å². The summed E-state index contributed by atoms with van der Waals surface area (Å²) in [5.74, 6) is -1.94. The van der Waals surface area contributed by atoms with Crippen molar-refractivity contribution < 1.29 is 89.9 Å². The Labute approximate surface area is 630 Å². The molecule has 538 valence electrons. The van der Waals surface area contributed by atoms with Crippen LogP contribution in [0.25, 0.3) is 0 Å². The number of aliphatic hydroxyl groups is 5. The Morgan fingerprint density at radius 3 is 0.941 bits per heavy atom. The highest BCUT2D eigenvalue weighted by Crippen LogP contribution is 2.53. The number of epoxide rings is 2. The second-order valence-corrected chi connectivity index (χ2v) is 35.5. The lowest BCUT2D eigenvalue weighted by atomic mass is 9.95. The molecule has 0 aromatic carbocycles. The number of Topliss-reactive ketones (excluding diaryl/α,β-unsaturated/α-hetero) is 1. The SMILES string of the molecule is CC(=O)C(O)(c1cccs1)c1cccs1.CN1C2C=CC1CC(O)C2.CN1C2C=CC1CC(OC(=O)C(O)(c1cccs1)c1cccs1)C2.CN1C2CC(OC(=O)C(O)(c3cccs3)c3cccs3)CC1C1OC12.C[N+]1(C)C2CC(OC(=O)C(O)(c3cccs3)c3cccs3)CC1C1OC12.[Br-]. The van der Waals surface area contributed by atoms with E-state index in [2.05, 4.69) is 74.2 Å². The molecule has 12 unspecified atom stereocenters. The van der Waals surface area contributed by atoms with E-state index in [9.17, 15) is 44.7 Å². The van der Waals surface area contributed by atoms with E-state index in [4.69, 9.17) is 23.7 Å². The van der Waals surface area contributed by atoms with Crippen molar-refractivity contribution in [2.24, 2.45) is 0 Å². The molecule has 10 aliphatic heterocycles. The minimum atomic E-state index is -1.72. The topological polar surface area (TPSA) is 232 Å². The molecule has 8 bridgehead atoms. The molecule has 0 aliphatic carbocycles. The van der Waals surface area contributed by atoms with Gasteiger partial charge < -0.3 is 70.7 Å². The number of ether oxygens (including phenoxy) is 5. The number of thiophene rings is 8. The van der Waals surface area contributed by atoms with Gasteiger partial charge in [-0.25, -0.2) is 14.4 Å². The molecule has 8 aromatic heterocycles. The summed E-state index contributed by atoms with van der Waals surface area (Å²) in [7, 11) is 10.8. The average Bonchev–Trinajstić information content (AvgIpc) is 1.53. The first-order valence-electron chi connectivity index (χ1n) is 33.7. The minimum absolute atomic E-state index is 0. The van der Waals surface area contributed by atoms with Crippen LogP contribution >= 0.6 is 90.7 Å². The number of esters is 3. The van der Waals surface area contributed by atoms with Gasteiger partial charge in [0.15, 0.2) is 11.4 Å². The van der Waals surface area contributed by atoms with Gasteiger partial charge in [-0.1, -0.05) is 72.8 Å². The predicted octanol–water partition coefficient (Wildman–Crippen LogP) is 7.56. The number of quaternary nitrogens is 1. The van der Waals surface area contributed by atoms with Crippen LogP contribution in [-0.2, 0) is 65.3 Å². The summed E-state index contributed by atoms with van der Waals surface area (Å²) >= 11 is 11.0. The molecule has 0 saturated carbocycles. The first-order valence-corrected chi connectivity index (χ1v) is 40.8. The zero-order valence-corrected chi connectivity index (χ0v) is 64.5. The van der Waals surface area contributed by atoms with E-state index in [1.165, 1.54) is 97.6 Å². The summed E-state index contributed by atoms with van der Waals surface area (Å²) in [6.45, 7) is 1.42. The molecule has 10 aliphatic rings. The van der Waals surface area contributed by atoms with Crippen LogP contribution in [0.2, 0.25) is 0 Å². The van der Waals surface area contributed by atoms with Crippen LogP contribution < -0.4 is 17.0 Å². The zero-order valence-electron chi connectivity index (χ0n) is 56.4. The number of carbonyl (C=O) groups excluding carboxylic acids is 4. The summed E-state index contributed by atoms with van der Waals surface area (Å²) in [6.07, 6.45) is 16.0. The molecule has 8 saturated heterocycles. The maximum Gasteiger partial charge on any atom is 0.349 e. The van der Waals surface area contributed by atoms with E-state index < -0.39 is 40.3 Å². The van der Waals surface area contributed by atoms with Crippen LogP contribution in [0.5, 0.6) is 0 Å². The normalized spacial score (nSPS) is 29.9. The Balaban J connectivity index is 0.000000116. The van der Waals surface area contributed by atoms with Crippen LogP contribution in [0.15, 0.2) is 164 Å². The van der Waals surface area contributed by atoms with E-state index in [1.54, 1.807) is 48.5 Å². The standard InChI is InChI=1S/C19H22NO4S2.C18H19NO4S2.C18H19NO3S2.C11H10O2S2.C8H13NO.BrH/c1-20(2)12-9-11(10-13(20)17-16(12)24-17)23-18(21)19(22,14-5-3-7-25-14)15-6-4-8-26-15;1-19-11-8-10(9-12(19)16-15(11)23-16)22-17(20)18(21,13-4-2-6-24-13)14-5-3-7-25-14;1-19-12-6-7-13(19)11-14(10-12)22-17(20)18(21,15-4-2-8-23-15)16-5-3-9-24-16;1-8(12)11(13,9-4-2-6-14-9)10-5-3-7-15-10;1-9-6-2-3-7(9)5-8(10)4-6;/h3-8,11-13,16-17,22H,9-10H2,1-2H3;2-7,10-12,15-16,21H,8-9H2,1H3;2-9,12-14,21H,10-11H2,1H3;2-7,13H,1H3;2-3,6-8,10H,4-5H2,1H3;1H/q+1;;;;;/p-1. The highest BCUT2D eigenvalue weighted by atomic mass is 79.9. The molecule has 8 fully saturated rings. The number of ketones is 1. The number of piperidine rings is 4. The van der Waals surface area contributed by atoms with E-state index in [1.807, 2.05) is 91.6 Å². The first kappa shape index (κ1) is 74.5. The average molecular weight is 1590 g/mol. The lowest BCUT2D eigenvalue weighted by molar-refractivity contribution is -0.938. The van der Waals surface area contributed by atoms with Crippen molar-refractivity contribution in [1.29, 1.82) is 0 Å². The van der Waals surface area contributed by atoms with Crippen LogP contribution in [0.4, 0.5) is 0 Å². The molecule has 101 heavy (non-hydrogen) atoms. The highest BCUT2D eigenvalue weighted by Gasteiger charge is 2.71. The number of carbonyl (C=O) groups is 4. The van der Waals surface area contributed by atoms with Crippen molar-refractivity contribution in [3.63, 3.8) is 0 Å². The Hall–Kier alpha value is -4.80. The van der Waals surface area contributed by atoms with Crippen molar-refractivity contribution in [2.75, 3.05) is 35.2 Å². The van der Waals surface area contributed by atoms with Gasteiger partial charge in [-0.05, 0) is 132 Å². The lowest BCUT2D eigenvalue weighted by Gasteiger charge is -2.45. The molecule has 18 nitrogen and oxygen atoms in total. The smallest absolute Gasteiger partial charge is 0.349 e. The molecule has 0 amide bonds. The van der Waals surface area contributed by atoms with E-state index in [-0.39, 0.29) is 47.2 Å². The molecule has 8 aromatic rings. The molecule has 5 N–H and O–H groups in total. The first-order chi connectivity index (χ1) is 48.0. The molecule has 18 heterocycles. The number of fused-ring (bicyclic) bond motifs is 14. The van der Waals surface area contributed by atoms with Crippen LogP contribution in [0.1, 0.15) is 97.3 Å². The van der Waals surface area contributed by atoms with Crippen LogP contribution in [0.3, 0.4) is 0 Å². The van der Waals surface area contributed by atoms with Crippen molar-refractivity contribution in [2.45, 2.75) is 178 Å². The Kier molecular flexibility index (Phi) is 22.3. The van der Waals surface area contributed by atoms with Gasteiger partial charge in [-0.2, -0.15) is 0 Å². The van der Waals surface area contributed by atoms with Crippen LogP contribution in [-0.4, -0.2) is 201 Å². The van der Waals surface area contributed by atoms with Crippen molar-refractivity contribution in [1.82, 2.24) is 14.7 Å². The van der Waals surface area contributed by atoms with Gasteiger partial charge in [0.05, 0.1) is 49.5 Å². The maximum atomic E-state index is 13.1. The fourth-order valence-corrected chi connectivity index (χ4v) is 23.0. The summed E-state index contributed by atoms with van der Waals surface area (Å²) < 4.78 is 30.0. The van der Waals surface area contributed by atoms with Gasteiger partial charge in [0.1, 0.15) is 54.8 Å². The van der Waals surface area contributed by atoms with Gasteiger partial charge in [0.2, 0.25) is 16.8 Å². The molecular formula is C74H83BrN4O14S8. The molecule has 27 heteroatoms. The van der Waals surface area contributed by atoms with Crippen LogP contribution in [0, 0.1) is 0 Å². The Bertz CT molecular complexity index is 3910. The second-order valence-electron chi connectivity index (χ2n) is 27.9. The summed E-state index contributed by atoms with van der Waals surface area (Å²) in [6, 6.07) is 32.0. The second kappa shape index (κ2) is 30.2. The fourth-order valence-electron chi connectivity index (χ4n) is 16.0. The molecular weight excluding hydrogens is 1510 g/mol. The largest absolute Gasteiger partial charge is 1.00 e. The van der Waals surface area contributed by atoms with E-state index >= 15 is 0 Å². The fraction of sp³-hybridized carbons (Fsp3) is 0.459. The van der Waals surface area contributed by atoms with Gasteiger partial charge in [-0.15, -0.1) is 90.7 Å². The third-order valence-corrected chi connectivity index (χ3v) is 29.7. The molecule has 0 spiro atoms. The monoisotopic (exact) mass is 1590 g/mol. The molecule has 0 radical (unpaired) electrons. The summed E-state index contributed by atoms with van der Waals surface area (Å²) in [4.78, 5) is 62.7. The quantitative estimate of drug-likeness (QED) is 0.0219. The number of aliphatic hydroxyl groups excluding tert-OH is 1. The zero-order chi connectivity index (χ0) is 70.0.